The summed E-state index contributed by atoms with van der Waals surface area (Å²) in [5.74, 6) is -0.0538. The number of alkyl halides is 1. The maximum absolute atomic E-state index is 16.4. The molecule has 1 saturated carbocycles. The van der Waals surface area contributed by atoms with Gasteiger partial charge in [0.1, 0.15) is 17.3 Å². The summed E-state index contributed by atoms with van der Waals surface area (Å²) in [4.78, 5) is 27.8. The molecule has 4 aromatic rings. The Balaban J connectivity index is 1.44. The molecule has 0 aliphatic heterocycles. The zero-order valence-corrected chi connectivity index (χ0v) is 31.5. The lowest BCUT2D eigenvalue weighted by Gasteiger charge is -2.33. The number of hydrogen-bond donors (Lipinski definition) is 4. The second kappa shape index (κ2) is 18.6. The number of aromatic nitrogens is 3. The molecule has 2 atom stereocenters. The first-order valence-corrected chi connectivity index (χ1v) is 19.7. The van der Waals surface area contributed by atoms with Crippen LogP contribution in [0.15, 0.2) is 51.2 Å². The van der Waals surface area contributed by atoms with Gasteiger partial charge in [-0.2, -0.15) is 4.98 Å². The molecule has 0 amide bonds. The first kappa shape index (κ1) is 39.8. The summed E-state index contributed by atoms with van der Waals surface area (Å²) in [6.45, 7) is 3.21. The van der Waals surface area contributed by atoms with E-state index < -0.39 is 24.0 Å². The fourth-order valence-electron chi connectivity index (χ4n) is 6.85. The van der Waals surface area contributed by atoms with Crippen molar-refractivity contribution in [3.05, 3.63) is 74.8 Å². The van der Waals surface area contributed by atoms with Gasteiger partial charge < -0.3 is 22.2 Å². The SMILES string of the molecule is CCCC(c1c(F)cc(-n2cc3cc(-c4cc(CCCC(N)C5CC5)cc(Cl)c4F)[nH]c3nc2=O)cc1SC)N(CCCF)CCCN=C(N)CN. The van der Waals surface area contributed by atoms with E-state index in [2.05, 4.69) is 19.9 Å². The average Bonchev–Trinajstić information content (AvgIpc) is 3.91. The molecule has 2 heterocycles. The zero-order valence-electron chi connectivity index (χ0n) is 29.9. The van der Waals surface area contributed by atoms with Crippen LogP contribution in [-0.4, -0.2) is 70.4 Å². The topological polar surface area (TPSA) is 144 Å². The van der Waals surface area contributed by atoms with E-state index in [0.29, 0.717) is 84.3 Å². The Morgan fingerprint density at radius 2 is 1.92 bits per heavy atom. The molecule has 1 aliphatic rings. The number of rotatable bonds is 20. The van der Waals surface area contributed by atoms with Crippen LogP contribution in [0.2, 0.25) is 5.02 Å². The Kier molecular flexibility index (Phi) is 14.3. The summed E-state index contributed by atoms with van der Waals surface area (Å²) in [5.41, 5.74) is 19.7. The van der Waals surface area contributed by atoms with E-state index in [1.165, 1.54) is 35.2 Å². The van der Waals surface area contributed by atoms with Crippen LogP contribution in [0.1, 0.15) is 75.5 Å². The number of aryl methyl sites for hydroxylation is 1. The number of nitrogens with two attached hydrogens (primary N) is 3. The lowest BCUT2D eigenvalue weighted by Crippen LogP contribution is -2.33. The maximum atomic E-state index is 16.4. The zero-order chi connectivity index (χ0) is 37.4. The first-order chi connectivity index (χ1) is 25.1. The van der Waals surface area contributed by atoms with Crippen molar-refractivity contribution < 1.29 is 13.2 Å². The van der Waals surface area contributed by atoms with Crippen LogP contribution in [0.3, 0.4) is 0 Å². The van der Waals surface area contributed by atoms with E-state index in [1.807, 2.05) is 13.2 Å². The molecule has 0 spiro atoms. The van der Waals surface area contributed by atoms with Crippen molar-refractivity contribution in [3.63, 3.8) is 0 Å². The van der Waals surface area contributed by atoms with E-state index in [1.54, 1.807) is 30.5 Å². The summed E-state index contributed by atoms with van der Waals surface area (Å²) in [7, 11) is 0. The van der Waals surface area contributed by atoms with Crippen molar-refractivity contribution in [1.82, 2.24) is 19.4 Å². The Hall–Kier alpha value is -3.36. The van der Waals surface area contributed by atoms with E-state index in [9.17, 15) is 9.18 Å². The van der Waals surface area contributed by atoms with Crippen molar-refractivity contribution in [3.8, 4) is 16.9 Å². The second-order valence-corrected chi connectivity index (χ2v) is 14.8. The molecule has 5 rings (SSSR count). The van der Waals surface area contributed by atoms with Gasteiger partial charge in [0.2, 0.25) is 0 Å². The molecule has 9 nitrogen and oxygen atoms in total. The van der Waals surface area contributed by atoms with Crippen LogP contribution in [0.25, 0.3) is 28.0 Å². The molecule has 0 radical (unpaired) electrons. The minimum absolute atomic E-state index is 0.0137. The van der Waals surface area contributed by atoms with E-state index in [4.69, 9.17) is 28.8 Å². The minimum atomic E-state index is -0.619. The summed E-state index contributed by atoms with van der Waals surface area (Å²) >= 11 is 7.72. The number of nitrogens with one attached hydrogen (secondary N) is 1. The highest BCUT2D eigenvalue weighted by atomic mass is 35.5. The molecular weight excluding hydrogens is 709 g/mol. The van der Waals surface area contributed by atoms with Gasteiger partial charge >= 0.3 is 5.69 Å². The number of halogens is 4. The normalized spacial score (nSPS) is 14.8. The number of nitrogens with zero attached hydrogens (tertiary/aromatic N) is 4. The van der Waals surface area contributed by atoms with Crippen LogP contribution in [-0.2, 0) is 6.42 Å². The van der Waals surface area contributed by atoms with Gasteiger partial charge in [-0.1, -0.05) is 24.9 Å². The summed E-state index contributed by atoms with van der Waals surface area (Å²) < 4.78 is 46.4. The average molecular weight is 759 g/mol. The van der Waals surface area contributed by atoms with Crippen LogP contribution >= 0.6 is 23.4 Å². The molecule has 1 aliphatic carbocycles. The Labute approximate surface area is 312 Å². The Morgan fingerprint density at radius 3 is 2.62 bits per heavy atom. The third-order valence-electron chi connectivity index (χ3n) is 9.73. The van der Waals surface area contributed by atoms with Crippen molar-refractivity contribution in [1.29, 1.82) is 0 Å². The molecule has 7 N–H and O–H groups in total. The predicted molar refractivity (Wildman–Crippen MR) is 207 cm³/mol. The first-order valence-electron chi connectivity index (χ1n) is 18.1. The smallest absolute Gasteiger partial charge is 0.354 e. The monoisotopic (exact) mass is 758 g/mol. The quantitative estimate of drug-likeness (QED) is 0.0321. The molecular formula is C38H50ClF3N8OS. The number of hydrogen-bond acceptors (Lipinski definition) is 7. The molecule has 0 saturated heterocycles. The third-order valence-corrected chi connectivity index (χ3v) is 10.8. The van der Waals surface area contributed by atoms with Gasteiger partial charge in [0.25, 0.3) is 0 Å². The molecule has 2 aromatic carbocycles. The van der Waals surface area contributed by atoms with Crippen LogP contribution in [0.4, 0.5) is 13.2 Å². The summed E-state index contributed by atoms with van der Waals surface area (Å²) in [6, 6.07) is 8.13. The number of thioether (sulfide) groups is 1. The number of benzene rings is 2. The number of fused-ring (bicyclic) bond motifs is 1. The van der Waals surface area contributed by atoms with Gasteiger partial charge in [-0.15, -0.1) is 11.8 Å². The molecule has 282 valence electrons. The van der Waals surface area contributed by atoms with Gasteiger partial charge in [0.15, 0.2) is 5.82 Å². The van der Waals surface area contributed by atoms with E-state index in [0.717, 1.165) is 24.8 Å². The van der Waals surface area contributed by atoms with Crippen molar-refractivity contribution in [2.45, 2.75) is 81.7 Å². The molecule has 2 unspecified atom stereocenters. The van der Waals surface area contributed by atoms with Crippen LogP contribution in [0.5, 0.6) is 0 Å². The summed E-state index contributed by atoms with van der Waals surface area (Å²) in [6.07, 6.45) is 10.7. The molecule has 1 fully saturated rings. The third kappa shape index (κ3) is 9.79. The van der Waals surface area contributed by atoms with Gasteiger partial charge in [-0.3, -0.25) is 18.8 Å². The largest absolute Gasteiger partial charge is 0.386 e. The number of H-pyrrole nitrogens is 1. The number of aromatic amines is 1. The van der Waals surface area contributed by atoms with Crippen LogP contribution in [0, 0.1) is 17.6 Å². The highest BCUT2D eigenvalue weighted by Gasteiger charge is 2.28. The Bertz CT molecular complexity index is 1910. The molecule has 2 aromatic heterocycles. The number of amidine groups is 1. The van der Waals surface area contributed by atoms with Crippen LogP contribution < -0.4 is 22.9 Å². The minimum Gasteiger partial charge on any atom is -0.386 e. The van der Waals surface area contributed by atoms with Crippen molar-refractivity contribution >= 4 is 40.2 Å². The second-order valence-electron chi connectivity index (χ2n) is 13.6. The predicted octanol–water partition coefficient (Wildman–Crippen LogP) is 7.30. The van der Waals surface area contributed by atoms with E-state index in [-0.39, 0.29) is 34.9 Å². The number of aliphatic imine (C=N–C) groups is 1. The fourth-order valence-corrected chi connectivity index (χ4v) is 7.79. The van der Waals surface area contributed by atoms with Gasteiger partial charge in [0.05, 0.1) is 29.6 Å². The Morgan fingerprint density at radius 1 is 1.15 bits per heavy atom. The fraction of sp³-hybridized carbons (Fsp3) is 0.500. The highest BCUT2D eigenvalue weighted by Crippen LogP contribution is 2.38. The maximum Gasteiger partial charge on any atom is 0.354 e. The van der Waals surface area contributed by atoms with E-state index >= 15 is 8.78 Å². The summed E-state index contributed by atoms with van der Waals surface area (Å²) in [5, 5.41) is 0.556. The molecule has 52 heavy (non-hydrogen) atoms. The van der Waals surface area contributed by atoms with Gasteiger partial charge in [-0.25, -0.2) is 13.6 Å². The lowest BCUT2D eigenvalue weighted by molar-refractivity contribution is 0.172. The van der Waals surface area contributed by atoms with Gasteiger partial charge in [0, 0.05) is 59.3 Å². The highest BCUT2D eigenvalue weighted by molar-refractivity contribution is 7.98. The molecule has 0 bridgehead atoms. The standard InChI is InChI=1S/C38H50ClF3N8OS/c1-3-7-32(49(14-5-12-40)15-6-13-46-34(45)21-43)35-29(41)19-26(20-33(35)52-2)50-22-25-18-31(47-37(25)48-38(50)51)27-16-23(17-28(39)36(27)42)8-4-9-30(44)24-10-11-24/h16-20,22,24,30,32H,3-15,21,43-44H2,1-2H3,(H2,45,46)(H,47,48,51). The lowest BCUT2D eigenvalue weighted by atomic mass is 9.98. The van der Waals surface area contributed by atoms with Gasteiger partial charge in [-0.05, 0) is 99.4 Å². The molecule has 14 heteroatoms. The van der Waals surface area contributed by atoms with Crippen molar-refractivity contribution in [2.24, 2.45) is 28.1 Å². The van der Waals surface area contributed by atoms with Crippen molar-refractivity contribution in [2.75, 3.05) is 39.1 Å².